The Morgan fingerprint density at radius 1 is 0.615 bits per heavy atom. The molecule has 0 unspecified atom stereocenters. The zero-order valence-electron chi connectivity index (χ0n) is 20.8. The molecule has 0 atom stereocenters. The van der Waals surface area contributed by atoms with Crippen LogP contribution in [-0.2, 0) is 20.1 Å². The Labute approximate surface area is 239 Å². The standard InChI is InChI=1S/C33H22N5.Ir/c1-4-11-24(12-5-1)28-17-10-18-29(25-13-6-2-7-14-25)32(28)38-23-35-36-33(38)26-19-20-31-30(21-26)34-22-37(31)27-15-8-3-9-16-27;/h1-18,20-23H;/q-1;. The molecule has 0 spiro atoms. The summed E-state index contributed by atoms with van der Waals surface area (Å²) in [6, 6.07) is 44.9. The second kappa shape index (κ2) is 10.6. The second-order valence-corrected chi connectivity index (χ2v) is 9.03. The SMILES string of the molecule is [Ir].[c-]1cc2c(cc1-c1nncn1-c1c(-c3ccccc3)cccc1-c1ccccc1)ncn2-c1ccccc1. The summed E-state index contributed by atoms with van der Waals surface area (Å²) in [6.45, 7) is 0. The Bertz CT molecular complexity index is 1800. The van der Waals surface area contributed by atoms with Gasteiger partial charge >= 0.3 is 0 Å². The first kappa shape index (κ1) is 24.7. The van der Waals surface area contributed by atoms with Gasteiger partial charge < -0.3 is 9.13 Å². The molecular weight excluding hydrogens is 659 g/mol. The van der Waals surface area contributed by atoms with Crippen molar-refractivity contribution in [1.29, 1.82) is 0 Å². The molecular formula is C33H22IrN5-. The van der Waals surface area contributed by atoms with E-state index >= 15 is 0 Å². The summed E-state index contributed by atoms with van der Waals surface area (Å²) in [5, 5.41) is 8.90. The van der Waals surface area contributed by atoms with Crippen LogP contribution >= 0.6 is 0 Å². The molecule has 0 aliphatic heterocycles. The minimum atomic E-state index is 0. The predicted molar refractivity (Wildman–Crippen MR) is 151 cm³/mol. The molecule has 39 heavy (non-hydrogen) atoms. The van der Waals surface area contributed by atoms with Crippen LogP contribution in [0.5, 0.6) is 0 Å². The third-order valence-corrected chi connectivity index (χ3v) is 6.75. The molecule has 5 nitrogen and oxygen atoms in total. The van der Waals surface area contributed by atoms with Gasteiger partial charge in [0.1, 0.15) is 6.33 Å². The molecule has 0 saturated carbocycles. The van der Waals surface area contributed by atoms with Crippen LogP contribution in [0.25, 0.3) is 56.0 Å². The molecule has 7 aromatic rings. The molecule has 5 aromatic carbocycles. The van der Waals surface area contributed by atoms with E-state index in [1.165, 1.54) is 0 Å². The molecule has 0 aliphatic rings. The molecule has 2 heterocycles. The van der Waals surface area contributed by atoms with Gasteiger partial charge in [0.15, 0.2) is 0 Å². The monoisotopic (exact) mass is 681 g/mol. The first-order valence-electron chi connectivity index (χ1n) is 12.5. The molecule has 6 heteroatoms. The molecule has 2 aromatic heterocycles. The fourth-order valence-corrected chi connectivity index (χ4v) is 4.96. The van der Waals surface area contributed by atoms with Crippen LogP contribution in [0, 0.1) is 6.07 Å². The molecule has 0 N–H and O–H groups in total. The summed E-state index contributed by atoms with van der Waals surface area (Å²) in [5.74, 6) is 0.710. The summed E-state index contributed by atoms with van der Waals surface area (Å²) in [6.07, 6.45) is 3.63. The minimum Gasteiger partial charge on any atom is -0.340 e. The zero-order valence-corrected chi connectivity index (χ0v) is 23.2. The number of hydrogen-bond acceptors (Lipinski definition) is 3. The van der Waals surface area contributed by atoms with E-state index in [0.717, 1.165) is 50.2 Å². The Hall–Kier alpha value is -4.64. The zero-order chi connectivity index (χ0) is 25.3. The van der Waals surface area contributed by atoms with Gasteiger partial charge in [0.2, 0.25) is 0 Å². The van der Waals surface area contributed by atoms with Gasteiger partial charge in [-0.25, -0.2) is 0 Å². The Balaban J connectivity index is 0.00000277. The Morgan fingerprint density at radius 2 is 1.23 bits per heavy atom. The molecule has 0 amide bonds. The number of hydrogen-bond donors (Lipinski definition) is 0. The first-order chi connectivity index (χ1) is 18.9. The molecule has 189 valence electrons. The van der Waals surface area contributed by atoms with Gasteiger partial charge in [-0.05, 0) is 28.8 Å². The van der Waals surface area contributed by atoms with E-state index < -0.39 is 0 Å². The van der Waals surface area contributed by atoms with Gasteiger partial charge in [-0.2, -0.15) is 5.10 Å². The van der Waals surface area contributed by atoms with Gasteiger partial charge in [0.25, 0.3) is 0 Å². The fraction of sp³-hybridized carbons (Fsp3) is 0. The van der Waals surface area contributed by atoms with Crippen LogP contribution in [0.2, 0.25) is 0 Å². The first-order valence-corrected chi connectivity index (χ1v) is 12.5. The Morgan fingerprint density at radius 3 is 1.87 bits per heavy atom. The summed E-state index contributed by atoms with van der Waals surface area (Å²) < 4.78 is 4.13. The number of para-hydroxylation sites is 2. The van der Waals surface area contributed by atoms with Crippen molar-refractivity contribution in [3.63, 3.8) is 0 Å². The summed E-state index contributed by atoms with van der Waals surface area (Å²) in [4.78, 5) is 4.68. The maximum absolute atomic E-state index is 4.68. The van der Waals surface area contributed by atoms with E-state index in [0.29, 0.717) is 5.82 Å². The molecule has 0 bridgehead atoms. The van der Waals surface area contributed by atoms with Crippen molar-refractivity contribution in [2.24, 2.45) is 0 Å². The second-order valence-electron chi connectivity index (χ2n) is 9.03. The number of imidazole rings is 1. The predicted octanol–water partition coefficient (Wildman–Crippen LogP) is 7.40. The normalized spacial score (nSPS) is 10.9. The Kier molecular flexibility index (Phi) is 6.72. The van der Waals surface area contributed by atoms with E-state index in [2.05, 4.69) is 109 Å². The van der Waals surface area contributed by atoms with Gasteiger partial charge in [-0.3, -0.25) is 4.98 Å². The maximum Gasteiger partial charge on any atom is 0.115 e. The van der Waals surface area contributed by atoms with Gasteiger partial charge in [-0.1, -0.05) is 97.1 Å². The van der Waals surface area contributed by atoms with Crippen LogP contribution in [-0.4, -0.2) is 24.3 Å². The molecule has 0 fully saturated rings. The van der Waals surface area contributed by atoms with Gasteiger partial charge in [0.05, 0.1) is 17.8 Å². The van der Waals surface area contributed by atoms with Crippen LogP contribution in [0.1, 0.15) is 0 Å². The van der Waals surface area contributed by atoms with Crippen LogP contribution in [0.15, 0.2) is 134 Å². The van der Waals surface area contributed by atoms with Crippen LogP contribution in [0.4, 0.5) is 0 Å². The smallest absolute Gasteiger partial charge is 0.115 e. The number of rotatable bonds is 5. The number of benzene rings is 5. The molecule has 0 saturated heterocycles. The average molecular weight is 681 g/mol. The summed E-state index contributed by atoms with van der Waals surface area (Å²) in [5.41, 5.74) is 9.22. The molecule has 7 rings (SSSR count). The number of nitrogens with zero attached hydrogens (tertiary/aromatic N) is 5. The largest absolute Gasteiger partial charge is 0.340 e. The van der Waals surface area contributed by atoms with E-state index in [-0.39, 0.29) is 20.1 Å². The van der Waals surface area contributed by atoms with Crippen molar-refractivity contribution in [1.82, 2.24) is 24.3 Å². The third kappa shape index (κ3) is 4.50. The number of fused-ring (bicyclic) bond motifs is 1. The molecule has 1 radical (unpaired) electrons. The third-order valence-electron chi connectivity index (χ3n) is 6.75. The van der Waals surface area contributed by atoms with E-state index in [9.17, 15) is 0 Å². The van der Waals surface area contributed by atoms with E-state index in [4.69, 9.17) is 0 Å². The van der Waals surface area contributed by atoms with Crippen molar-refractivity contribution in [3.05, 3.63) is 140 Å². The minimum absolute atomic E-state index is 0. The van der Waals surface area contributed by atoms with Crippen molar-refractivity contribution in [2.75, 3.05) is 0 Å². The summed E-state index contributed by atoms with van der Waals surface area (Å²) >= 11 is 0. The topological polar surface area (TPSA) is 48.5 Å². The quantitative estimate of drug-likeness (QED) is 0.178. The van der Waals surface area contributed by atoms with Crippen molar-refractivity contribution in [2.45, 2.75) is 0 Å². The summed E-state index contributed by atoms with van der Waals surface area (Å²) in [7, 11) is 0. The maximum atomic E-state index is 4.68. The fourth-order valence-electron chi connectivity index (χ4n) is 4.96. The number of aromatic nitrogens is 5. The van der Waals surface area contributed by atoms with Gasteiger partial charge in [-0.15, -0.1) is 28.9 Å². The van der Waals surface area contributed by atoms with Gasteiger partial charge in [0, 0.05) is 42.4 Å². The van der Waals surface area contributed by atoms with Crippen LogP contribution in [0.3, 0.4) is 0 Å². The van der Waals surface area contributed by atoms with E-state index in [1.54, 1.807) is 6.33 Å². The average Bonchev–Trinajstić information content (AvgIpc) is 3.65. The van der Waals surface area contributed by atoms with Crippen molar-refractivity contribution >= 4 is 11.0 Å². The van der Waals surface area contributed by atoms with Crippen molar-refractivity contribution in [3.8, 4) is 45.0 Å². The molecule has 0 aliphatic carbocycles. The van der Waals surface area contributed by atoms with Crippen LogP contribution < -0.4 is 0 Å². The van der Waals surface area contributed by atoms with Crippen molar-refractivity contribution < 1.29 is 20.1 Å². The van der Waals surface area contributed by atoms with E-state index in [1.807, 2.05) is 48.8 Å².